The molecule has 1 aromatic rings. The largest absolute Gasteiger partial charge is 0.460 e. The fourth-order valence-corrected chi connectivity index (χ4v) is 4.56. The maximum Gasteiger partial charge on any atom is 0.336 e. The van der Waals surface area contributed by atoms with Crippen LogP contribution in [0.2, 0.25) is 0 Å². The summed E-state index contributed by atoms with van der Waals surface area (Å²) in [7, 11) is 0. The average molecular weight is 462 g/mol. The lowest BCUT2D eigenvalue weighted by atomic mass is 9.68. The van der Waals surface area contributed by atoms with E-state index in [0.29, 0.717) is 30.8 Å². The van der Waals surface area contributed by atoms with Crippen LogP contribution in [0.25, 0.3) is 0 Å². The standard InChI is InChI=1S/C23H28BrNO4/c1-5-28-9-10-29-22(27)19-14(2)25-17-12-23(3,4)13-18(26)21(17)20(19)15-7-6-8-16(24)11-15/h6-8,11,20,25H,5,9-10,12-13H2,1-4H3/t20-/m1/s1. The van der Waals surface area contributed by atoms with Crippen molar-refractivity contribution < 1.29 is 19.1 Å². The van der Waals surface area contributed by atoms with Crippen molar-refractivity contribution >= 4 is 27.7 Å². The van der Waals surface area contributed by atoms with Crippen molar-refractivity contribution in [3.63, 3.8) is 0 Å². The first-order valence-corrected chi connectivity index (χ1v) is 10.8. The van der Waals surface area contributed by atoms with Crippen molar-refractivity contribution in [3.8, 4) is 0 Å². The number of halogens is 1. The lowest BCUT2D eigenvalue weighted by Crippen LogP contribution is -2.38. The van der Waals surface area contributed by atoms with Crippen molar-refractivity contribution in [1.29, 1.82) is 0 Å². The third-order valence-corrected chi connectivity index (χ3v) is 5.80. The molecule has 156 valence electrons. The summed E-state index contributed by atoms with van der Waals surface area (Å²) in [4.78, 5) is 26.2. The Morgan fingerprint density at radius 1 is 1.28 bits per heavy atom. The minimum atomic E-state index is -0.438. The predicted molar refractivity (Wildman–Crippen MR) is 115 cm³/mol. The molecule has 2 aliphatic rings. The van der Waals surface area contributed by atoms with Crippen LogP contribution in [0.5, 0.6) is 0 Å². The molecule has 0 radical (unpaired) electrons. The fraction of sp³-hybridized carbons (Fsp3) is 0.478. The molecule has 1 atom stereocenters. The van der Waals surface area contributed by atoms with E-state index in [1.165, 1.54) is 0 Å². The van der Waals surface area contributed by atoms with E-state index in [1.807, 2.05) is 38.1 Å². The molecule has 29 heavy (non-hydrogen) atoms. The number of allylic oxidation sites excluding steroid dienone is 3. The van der Waals surface area contributed by atoms with E-state index in [4.69, 9.17) is 9.47 Å². The van der Waals surface area contributed by atoms with Crippen molar-refractivity contribution in [2.24, 2.45) is 5.41 Å². The number of carbonyl (C=O) groups excluding carboxylic acids is 2. The maximum atomic E-state index is 13.2. The highest BCUT2D eigenvalue weighted by atomic mass is 79.9. The summed E-state index contributed by atoms with van der Waals surface area (Å²) in [5.74, 6) is -0.767. The first kappa shape index (κ1) is 21.8. The van der Waals surface area contributed by atoms with Gasteiger partial charge in [0.05, 0.1) is 12.2 Å². The number of hydrogen-bond acceptors (Lipinski definition) is 5. The number of nitrogens with one attached hydrogen (secondary N) is 1. The SMILES string of the molecule is CCOCCOC(=O)C1=C(C)NC2=C(C(=O)CC(C)(C)C2)[C@@H]1c1cccc(Br)c1. The zero-order valence-corrected chi connectivity index (χ0v) is 19.0. The van der Waals surface area contributed by atoms with Gasteiger partial charge < -0.3 is 14.8 Å². The Kier molecular flexibility index (Phi) is 6.64. The van der Waals surface area contributed by atoms with Gasteiger partial charge in [-0.05, 0) is 43.4 Å². The molecule has 1 N–H and O–H groups in total. The summed E-state index contributed by atoms with van der Waals surface area (Å²) in [6.07, 6.45) is 1.23. The molecular weight excluding hydrogens is 434 g/mol. The fourth-order valence-electron chi connectivity index (χ4n) is 4.14. The van der Waals surface area contributed by atoms with Crippen LogP contribution in [0, 0.1) is 5.41 Å². The van der Waals surface area contributed by atoms with Crippen LogP contribution in [-0.4, -0.2) is 31.6 Å². The third-order valence-electron chi connectivity index (χ3n) is 5.31. The summed E-state index contributed by atoms with van der Waals surface area (Å²) in [6.45, 7) is 9.07. The minimum Gasteiger partial charge on any atom is -0.460 e. The Bertz CT molecular complexity index is 885. The second kappa shape index (κ2) is 8.84. The number of Topliss-reactive ketones (excluding diaryl/α,β-unsaturated/α-hetero) is 1. The van der Waals surface area contributed by atoms with Crippen LogP contribution < -0.4 is 5.32 Å². The number of ether oxygens (including phenoxy) is 2. The molecule has 6 heteroatoms. The number of ketones is 1. The molecule has 5 nitrogen and oxygen atoms in total. The summed E-state index contributed by atoms with van der Waals surface area (Å²) in [6, 6.07) is 7.78. The summed E-state index contributed by atoms with van der Waals surface area (Å²) >= 11 is 3.52. The van der Waals surface area contributed by atoms with Gasteiger partial charge in [-0.15, -0.1) is 0 Å². The van der Waals surface area contributed by atoms with Crippen LogP contribution >= 0.6 is 15.9 Å². The van der Waals surface area contributed by atoms with Crippen molar-refractivity contribution in [1.82, 2.24) is 5.32 Å². The van der Waals surface area contributed by atoms with E-state index in [-0.39, 0.29) is 17.8 Å². The number of dihydropyridines is 1. The molecule has 0 fully saturated rings. The Morgan fingerprint density at radius 2 is 2.03 bits per heavy atom. The average Bonchev–Trinajstić information content (AvgIpc) is 2.63. The summed E-state index contributed by atoms with van der Waals surface area (Å²) in [5.41, 5.74) is 3.62. The van der Waals surface area contributed by atoms with Gasteiger partial charge in [0.1, 0.15) is 6.61 Å². The summed E-state index contributed by atoms with van der Waals surface area (Å²) < 4.78 is 11.7. The van der Waals surface area contributed by atoms with Gasteiger partial charge >= 0.3 is 5.97 Å². The Balaban J connectivity index is 2.03. The molecule has 1 aliphatic heterocycles. The van der Waals surface area contributed by atoms with Gasteiger partial charge in [-0.3, -0.25) is 4.79 Å². The highest BCUT2D eigenvalue weighted by Gasteiger charge is 2.43. The molecule has 0 amide bonds. The Labute approximate surface area is 180 Å². The lowest BCUT2D eigenvalue weighted by Gasteiger charge is -2.39. The Morgan fingerprint density at radius 3 is 2.72 bits per heavy atom. The van der Waals surface area contributed by atoms with Gasteiger partial charge in [0.15, 0.2) is 5.78 Å². The second-order valence-electron chi connectivity index (χ2n) is 8.32. The van der Waals surface area contributed by atoms with E-state index < -0.39 is 11.9 Å². The molecule has 0 aromatic heterocycles. The topological polar surface area (TPSA) is 64.6 Å². The van der Waals surface area contributed by atoms with Gasteiger partial charge in [0.25, 0.3) is 0 Å². The van der Waals surface area contributed by atoms with Crippen LogP contribution in [0.15, 0.2) is 51.3 Å². The molecular formula is C23H28BrNO4. The molecule has 0 saturated heterocycles. The first-order valence-electron chi connectivity index (χ1n) is 9.98. The quantitative estimate of drug-likeness (QED) is 0.493. The van der Waals surface area contributed by atoms with E-state index in [9.17, 15) is 9.59 Å². The monoisotopic (exact) mass is 461 g/mol. The highest BCUT2D eigenvalue weighted by molar-refractivity contribution is 9.10. The summed E-state index contributed by atoms with van der Waals surface area (Å²) in [5, 5.41) is 3.35. The number of rotatable bonds is 6. The third kappa shape index (κ3) is 4.81. The first-order chi connectivity index (χ1) is 13.7. The van der Waals surface area contributed by atoms with Gasteiger partial charge in [-0.2, -0.15) is 0 Å². The maximum absolute atomic E-state index is 13.2. The molecule has 0 unspecified atom stereocenters. The van der Waals surface area contributed by atoms with E-state index in [0.717, 1.165) is 27.9 Å². The van der Waals surface area contributed by atoms with Crippen LogP contribution in [0.3, 0.4) is 0 Å². The van der Waals surface area contributed by atoms with Crippen molar-refractivity contribution in [2.75, 3.05) is 19.8 Å². The van der Waals surface area contributed by atoms with Gasteiger partial charge in [-0.25, -0.2) is 4.79 Å². The van der Waals surface area contributed by atoms with E-state index in [1.54, 1.807) is 0 Å². The molecule has 1 aromatic carbocycles. The zero-order valence-electron chi connectivity index (χ0n) is 17.4. The second-order valence-corrected chi connectivity index (χ2v) is 9.23. The molecule has 1 aliphatic carbocycles. The predicted octanol–water partition coefficient (Wildman–Crippen LogP) is 4.63. The van der Waals surface area contributed by atoms with E-state index in [2.05, 4.69) is 35.1 Å². The van der Waals surface area contributed by atoms with Crippen LogP contribution in [0.1, 0.15) is 52.0 Å². The molecule has 0 bridgehead atoms. The zero-order chi connectivity index (χ0) is 21.2. The lowest BCUT2D eigenvalue weighted by molar-refractivity contribution is -0.140. The van der Waals surface area contributed by atoms with Crippen LogP contribution in [-0.2, 0) is 19.1 Å². The van der Waals surface area contributed by atoms with Gasteiger partial charge in [0, 0.05) is 40.4 Å². The van der Waals surface area contributed by atoms with Gasteiger partial charge in [-0.1, -0.05) is 41.9 Å². The van der Waals surface area contributed by atoms with Crippen molar-refractivity contribution in [3.05, 3.63) is 56.8 Å². The molecule has 0 saturated carbocycles. The molecule has 1 heterocycles. The number of benzene rings is 1. The normalized spacial score (nSPS) is 21.0. The number of esters is 1. The number of hydrogen-bond donors (Lipinski definition) is 1. The highest BCUT2D eigenvalue weighted by Crippen LogP contribution is 2.47. The Hall–Kier alpha value is -1.92. The van der Waals surface area contributed by atoms with E-state index >= 15 is 0 Å². The molecule has 0 spiro atoms. The van der Waals surface area contributed by atoms with Gasteiger partial charge in [0.2, 0.25) is 0 Å². The smallest absolute Gasteiger partial charge is 0.336 e. The van der Waals surface area contributed by atoms with Crippen molar-refractivity contribution in [2.45, 2.75) is 46.5 Å². The van der Waals surface area contributed by atoms with Crippen LogP contribution in [0.4, 0.5) is 0 Å². The minimum absolute atomic E-state index is 0.0841. The number of carbonyl (C=O) groups is 2. The molecule has 3 rings (SSSR count).